The average molecular weight is 396 g/mol. The fourth-order valence-electron chi connectivity index (χ4n) is 2.84. The van der Waals surface area contributed by atoms with E-state index < -0.39 is 0 Å². The van der Waals surface area contributed by atoms with Crippen LogP contribution in [-0.4, -0.2) is 21.4 Å². The molecule has 2 aromatic carbocycles. The summed E-state index contributed by atoms with van der Waals surface area (Å²) in [5, 5.41) is 11.3. The molecule has 6 heteroatoms. The maximum atomic E-state index is 12.5. The Morgan fingerprint density at radius 2 is 1.86 bits per heavy atom. The Hall–Kier alpha value is -2.60. The number of carbonyl (C=O) groups is 1. The maximum absolute atomic E-state index is 12.5. The summed E-state index contributed by atoms with van der Waals surface area (Å²) in [6.07, 6.45) is 0.667. The van der Waals surface area contributed by atoms with Gasteiger partial charge in [-0.2, -0.15) is 0 Å². The molecule has 2 atom stereocenters. The molecule has 0 saturated heterocycles. The molecule has 0 radical (unpaired) electrons. The molecule has 3 aromatic rings. The largest absolute Gasteiger partial charge is 0.416 e. The van der Waals surface area contributed by atoms with Crippen molar-refractivity contribution >= 4 is 23.4 Å². The van der Waals surface area contributed by atoms with Crippen LogP contribution in [0, 0.1) is 13.8 Å². The van der Waals surface area contributed by atoms with E-state index in [2.05, 4.69) is 34.6 Å². The minimum absolute atomic E-state index is 0.0869. The molecule has 1 N–H and O–H groups in total. The topological polar surface area (TPSA) is 68.0 Å². The van der Waals surface area contributed by atoms with E-state index >= 15 is 0 Å². The Kier molecular flexibility index (Phi) is 6.52. The van der Waals surface area contributed by atoms with Gasteiger partial charge >= 0.3 is 0 Å². The molecule has 0 saturated carbocycles. The Morgan fingerprint density at radius 1 is 1.11 bits per heavy atom. The van der Waals surface area contributed by atoms with Crippen LogP contribution < -0.4 is 5.32 Å². The van der Waals surface area contributed by atoms with Crippen LogP contribution in [0.3, 0.4) is 0 Å². The summed E-state index contributed by atoms with van der Waals surface area (Å²) in [6.45, 7) is 7.95. The second kappa shape index (κ2) is 9.06. The molecule has 0 bridgehead atoms. The first-order valence-corrected chi connectivity index (χ1v) is 10.2. The van der Waals surface area contributed by atoms with Crippen molar-refractivity contribution in [3.8, 4) is 0 Å². The van der Waals surface area contributed by atoms with Crippen molar-refractivity contribution in [2.24, 2.45) is 0 Å². The van der Waals surface area contributed by atoms with Crippen molar-refractivity contribution in [1.29, 1.82) is 0 Å². The number of aromatic nitrogens is 2. The third kappa shape index (κ3) is 5.23. The molecule has 0 aliphatic heterocycles. The first-order chi connectivity index (χ1) is 13.4. The second-order valence-electron chi connectivity index (χ2n) is 7.05. The van der Waals surface area contributed by atoms with Crippen LogP contribution in [0.4, 0.5) is 5.69 Å². The van der Waals surface area contributed by atoms with Gasteiger partial charge in [-0.15, -0.1) is 10.2 Å². The summed E-state index contributed by atoms with van der Waals surface area (Å²) in [5.41, 5.74) is 4.21. The second-order valence-corrected chi connectivity index (χ2v) is 8.34. The highest BCUT2D eigenvalue weighted by Crippen LogP contribution is 2.26. The summed E-state index contributed by atoms with van der Waals surface area (Å²) < 4.78 is 5.75. The van der Waals surface area contributed by atoms with Crippen LogP contribution in [0.1, 0.15) is 42.3 Å². The predicted molar refractivity (Wildman–Crippen MR) is 113 cm³/mol. The van der Waals surface area contributed by atoms with E-state index in [1.54, 1.807) is 0 Å². The molecule has 1 amide bonds. The molecular weight excluding hydrogens is 370 g/mol. The van der Waals surface area contributed by atoms with Gasteiger partial charge in [0, 0.05) is 12.1 Å². The molecule has 2 unspecified atom stereocenters. The van der Waals surface area contributed by atoms with Gasteiger partial charge < -0.3 is 9.73 Å². The van der Waals surface area contributed by atoms with Crippen molar-refractivity contribution in [1.82, 2.24) is 10.2 Å². The van der Waals surface area contributed by atoms with Crippen LogP contribution in [0.2, 0.25) is 0 Å². The van der Waals surface area contributed by atoms with Gasteiger partial charge in [-0.25, -0.2) is 0 Å². The number of thioether (sulfide) groups is 1. The molecule has 1 aromatic heterocycles. The van der Waals surface area contributed by atoms with Crippen LogP contribution in [0.25, 0.3) is 0 Å². The highest BCUT2D eigenvalue weighted by molar-refractivity contribution is 8.00. The lowest BCUT2D eigenvalue weighted by atomic mass is 9.98. The molecule has 28 heavy (non-hydrogen) atoms. The summed E-state index contributed by atoms with van der Waals surface area (Å²) in [6, 6.07) is 16.2. The van der Waals surface area contributed by atoms with Crippen molar-refractivity contribution in [2.75, 3.05) is 5.32 Å². The third-order valence-corrected chi connectivity index (χ3v) is 5.53. The van der Waals surface area contributed by atoms with Crippen molar-refractivity contribution in [3.63, 3.8) is 0 Å². The molecule has 0 aliphatic carbocycles. The van der Waals surface area contributed by atoms with Gasteiger partial charge in [0.25, 0.3) is 5.22 Å². The summed E-state index contributed by atoms with van der Waals surface area (Å²) >= 11 is 1.27. The SMILES string of the molecule is Cc1ccc(C)c(NC(=O)C(C)Sc2nnc(CC(C)c3ccccc3)o2)c1. The minimum atomic E-state index is -0.347. The Balaban J connectivity index is 1.58. The Bertz CT molecular complexity index is 940. The first-order valence-electron chi connectivity index (χ1n) is 9.34. The summed E-state index contributed by atoms with van der Waals surface area (Å²) in [7, 11) is 0. The van der Waals surface area contributed by atoms with E-state index in [1.807, 2.05) is 57.2 Å². The summed E-state index contributed by atoms with van der Waals surface area (Å²) in [4.78, 5) is 12.5. The molecule has 3 rings (SSSR count). The monoisotopic (exact) mass is 395 g/mol. The van der Waals surface area contributed by atoms with Gasteiger partial charge in [-0.1, -0.05) is 61.2 Å². The molecule has 5 nitrogen and oxygen atoms in total. The quantitative estimate of drug-likeness (QED) is 0.560. The van der Waals surface area contributed by atoms with Crippen LogP contribution in [0.5, 0.6) is 0 Å². The van der Waals surface area contributed by atoms with Gasteiger partial charge in [0.05, 0.1) is 5.25 Å². The molecule has 0 spiro atoms. The van der Waals surface area contributed by atoms with Gasteiger partial charge in [-0.05, 0) is 49.4 Å². The van der Waals surface area contributed by atoms with E-state index in [-0.39, 0.29) is 17.1 Å². The first kappa shape index (κ1) is 20.1. The van der Waals surface area contributed by atoms with E-state index in [1.165, 1.54) is 17.3 Å². The number of aryl methyl sites for hydroxylation is 2. The molecule has 146 valence electrons. The maximum Gasteiger partial charge on any atom is 0.277 e. The summed E-state index contributed by atoms with van der Waals surface area (Å²) in [5.74, 6) is 0.779. The number of hydrogen-bond donors (Lipinski definition) is 1. The van der Waals surface area contributed by atoms with Crippen molar-refractivity contribution in [3.05, 3.63) is 71.1 Å². The number of carbonyl (C=O) groups excluding carboxylic acids is 1. The van der Waals surface area contributed by atoms with Gasteiger partial charge in [0.1, 0.15) is 0 Å². The van der Waals surface area contributed by atoms with Crippen LogP contribution in [-0.2, 0) is 11.2 Å². The lowest BCUT2D eigenvalue weighted by molar-refractivity contribution is -0.115. The fourth-order valence-corrected chi connectivity index (χ4v) is 3.54. The third-order valence-electron chi connectivity index (χ3n) is 4.60. The Labute approximate surface area is 170 Å². The molecular formula is C22H25N3O2S. The van der Waals surface area contributed by atoms with Gasteiger partial charge in [0.15, 0.2) is 0 Å². The van der Waals surface area contributed by atoms with Gasteiger partial charge in [-0.3, -0.25) is 4.79 Å². The molecule has 1 heterocycles. The number of benzene rings is 2. The lowest BCUT2D eigenvalue weighted by Crippen LogP contribution is -2.22. The van der Waals surface area contributed by atoms with Gasteiger partial charge in [0.2, 0.25) is 11.8 Å². The average Bonchev–Trinajstić information content (AvgIpc) is 3.12. The van der Waals surface area contributed by atoms with Crippen molar-refractivity contribution < 1.29 is 9.21 Å². The Morgan fingerprint density at radius 3 is 2.61 bits per heavy atom. The van der Waals surface area contributed by atoms with E-state index in [4.69, 9.17) is 4.42 Å². The number of nitrogens with one attached hydrogen (secondary N) is 1. The van der Waals surface area contributed by atoms with Crippen LogP contribution >= 0.6 is 11.8 Å². The highest BCUT2D eigenvalue weighted by Gasteiger charge is 2.20. The normalized spacial score (nSPS) is 13.1. The number of amides is 1. The fraction of sp³-hybridized carbons (Fsp3) is 0.318. The predicted octanol–water partition coefficient (Wildman–Crippen LogP) is 5.15. The zero-order chi connectivity index (χ0) is 20.1. The highest BCUT2D eigenvalue weighted by atomic mass is 32.2. The lowest BCUT2D eigenvalue weighted by Gasteiger charge is -2.12. The number of anilines is 1. The number of hydrogen-bond acceptors (Lipinski definition) is 5. The van der Waals surface area contributed by atoms with E-state index in [9.17, 15) is 4.79 Å². The number of rotatable bonds is 7. The van der Waals surface area contributed by atoms with Crippen LogP contribution in [0.15, 0.2) is 58.2 Å². The van der Waals surface area contributed by atoms with E-state index in [0.717, 1.165) is 16.8 Å². The standard InChI is InChI=1S/C22H25N3O2S/c1-14-10-11-15(2)19(12-14)23-21(26)17(4)28-22-25-24-20(27-22)13-16(3)18-8-6-5-7-9-18/h5-12,16-17H,13H2,1-4H3,(H,23,26). The van der Waals surface area contributed by atoms with Crippen molar-refractivity contribution in [2.45, 2.75) is 50.5 Å². The molecule has 0 aliphatic rings. The molecule has 0 fully saturated rings. The zero-order valence-electron chi connectivity index (χ0n) is 16.6. The smallest absolute Gasteiger partial charge is 0.277 e. The minimum Gasteiger partial charge on any atom is -0.416 e. The van der Waals surface area contributed by atoms with E-state index in [0.29, 0.717) is 17.5 Å². The zero-order valence-corrected chi connectivity index (χ0v) is 17.4. The number of nitrogens with zero attached hydrogens (tertiary/aromatic N) is 2.